The Kier molecular flexibility index (Phi) is 8.84. The number of hydrogen-bond acceptors (Lipinski definition) is 1. The molecule has 0 bridgehead atoms. The number of allylic oxidation sites excluding steroid dienone is 4. The van der Waals surface area contributed by atoms with Crippen LogP contribution in [-0.4, -0.2) is 4.57 Å². The maximum Gasteiger partial charge on any atom is 0.0541 e. The molecule has 0 spiro atoms. The normalized spacial score (nSPS) is 15.1. The third kappa shape index (κ3) is 5.86. The fraction of sp³-hybridized carbons (Fsp3) is 0.118. The van der Waals surface area contributed by atoms with E-state index >= 15 is 0 Å². The molecule has 11 aromatic rings. The predicted octanol–water partition coefficient (Wildman–Crippen LogP) is 18.6. The minimum atomic E-state index is -0.118. The summed E-state index contributed by atoms with van der Waals surface area (Å²) in [5, 5.41) is 7.55. The standard InChI is InChI=1S/C68H52N2/c1-67(2)59-26-14-10-20-49(59)51-37-30-43(40-61(51)67)65-55-24-8-9-25-56(55)66(44-31-38-52-50-21-11-15-27-60(50)68(3,4)62(52)41-44)58-42-48(36-39-57(58)65)69(45-18-6-5-7-19-45)46-32-34-47(35-33-46)70-63-28-16-12-22-53(63)54-23-13-17-29-64(54)70/h5-14,16-26,28-42H,15,27H2,1-4H3. The summed E-state index contributed by atoms with van der Waals surface area (Å²) in [4.78, 5) is 2.43. The van der Waals surface area contributed by atoms with Gasteiger partial charge in [0, 0.05) is 44.4 Å². The van der Waals surface area contributed by atoms with E-state index < -0.39 is 0 Å². The Morgan fingerprint density at radius 1 is 0.400 bits per heavy atom. The second kappa shape index (κ2) is 15.1. The molecule has 0 atom stereocenters. The van der Waals surface area contributed by atoms with Crippen LogP contribution in [0.25, 0.3) is 88.0 Å². The van der Waals surface area contributed by atoms with Gasteiger partial charge in [-0.05, 0) is 168 Å². The van der Waals surface area contributed by atoms with Crippen LogP contribution in [-0.2, 0) is 10.8 Å². The quantitative estimate of drug-likeness (QED) is 0.151. The van der Waals surface area contributed by atoms with Gasteiger partial charge in [0.05, 0.1) is 11.0 Å². The van der Waals surface area contributed by atoms with Crippen LogP contribution in [0.4, 0.5) is 17.1 Å². The average molecular weight is 897 g/mol. The van der Waals surface area contributed by atoms with Crippen molar-refractivity contribution in [3.05, 3.63) is 246 Å². The van der Waals surface area contributed by atoms with E-state index in [2.05, 4.69) is 256 Å². The first-order valence-electron chi connectivity index (χ1n) is 25.0. The molecule has 10 aromatic carbocycles. The third-order valence-electron chi connectivity index (χ3n) is 16.3. The van der Waals surface area contributed by atoms with Crippen molar-refractivity contribution in [2.45, 2.75) is 51.4 Å². The van der Waals surface area contributed by atoms with Crippen molar-refractivity contribution in [3.63, 3.8) is 0 Å². The highest BCUT2D eigenvalue weighted by molar-refractivity contribution is 6.22. The summed E-state index contributed by atoms with van der Waals surface area (Å²) >= 11 is 0. The van der Waals surface area contributed by atoms with Crippen LogP contribution in [0.2, 0.25) is 0 Å². The summed E-state index contributed by atoms with van der Waals surface area (Å²) in [5.41, 5.74) is 23.0. The molecular weight excluding hydrogens is 845 g/mol. The van der Waals surface area contributed by atoms with Crippen LogP contribution in [0.15, 0.2) is 224 Å². The molecule has 2 nitrogen and oxygen atoms in total. The van der Waals surface area contributed by atoms with E-state index in [1.807, 2.05) is 0 Å². The predicted molar refractivity (Wildman–Crippen MR) is 297 cm³/mol. The maximum absolute atomic E-state index is 2.53. The molecular formula is C68H52N2. The monoisotopic (exact) mass is 896 g/mol. The van der Waals surface area contributed by atoms with Gasteiger partial charge in [-0.1, -0.05) is 179 Å². The molecule has 0 saturated carbocycles. The molecule has 1 heterocycles. The highest BCUT2D eigenvalue weighted by atomic mass is 15.1. The van der Waals surface area contributed by atoms with Crippen molar-refractivity contribution < 1.29 is 0 Å². The number of benzene rings is 10. The van der Waals surface area contributed by atoms with Crippen LogP contribution in [0.1, 0.15) is 62.8 Å². The minimum Gasteiger partial charge on any atom is -0.310 e. The highest BCUT2D eigenvalue weighted by Gasteiger charge is 2.38. The van der Waals surface area contributed by atoms with Crippen molar-refractivity contribution in [3.8, 4) is 39.1 Å². The van der Waals surface area contributed by atoms with E-state index in [0.29, 0.717) is 0 Å². The summed E-state index contributed by atoms with van der Waals surface area (Å²) in [6, 6.07) is 77.5. The average Bonchev–Trinajstić information content (AvgIpc) is 3.95. The van der Waals surface area contributed by atoms with E-state index in [4.69, 9.17) is 0 Å². The largest absolute Gasteiger partial charge is 0.310 e. The molecule has 1 aromatic heterocycles. The van der Waals surface area contributed by atoms with Gasteiger partial charge in [0.1, 0.15) is 0 Å². The number of aromatic nitrogens is 1. The Morgan fingerprint density at radius 3 is 1.63 bits per heavy atom. The topological polar surface area (TPSA) is 8.17 Å². The van der Waals surface area contributed by atoms with Crippen molar-refractivity contribution in [1.82, 2.24) is 4.57 Å². The van der Waals surface area contributed by atoms with Crippen molar-refractivity contribution in [1.29, 1.82) is 0 Å². The van der Waals surface area contributed by atoms with Crippen molar-refractivity contribution >= 4 is 66.0 Å². The fourth-order valence-electron chi connectivity index (χ4n) is 12.9. The molecule has 0 aliphatic heterocycles. The lowest BCUT2D eigenvalue weighted by molar-refractivity contribution is 0.607. The zero-order valence-corrected chi connectivity index (χ0v) is 40.1. The van der Waals surface area contributed by atoms with Gasteiger partial charge in [0.25, 0.3) is 0 Å². The number of nitrogens with zero attached hydrogens (tertiary/aromatic N) is 2. The van der Waals surface area contributed by atoms with Gasteiger partial charge in [-0.2, -0.15) is 0 Å². The van der Waals surface area contributed by atoms with Crippen LogP contribution < -0.4 is 4.90 Å². The first kappa shape index (κ1) is 40.8. The molecule has 0 N–H and O–H groups in total. The Labute approximate surface area is 410 Å². The van der Waals surface area contributed by atoms with E-state index in [0.717, 1.165) is 35.6 Å². The highest BCUT2D eigenvalue weighted by Crippen LogP contribution is 2.54. The molecule has 2 heteroatoms. The van der Waals surface area contributed by atoms with Crippen molar-refractivity contribution in [2.24, 2.45) is 0 Å². The van der Waals surface area contributed by atoms with Gasteiger partial charge >= 0.3 is 0 Å². The molecule has 0 radical (unpaired) electrons. The molecule has 3 aliphatic rings. The summed E-state index contributed by atoms with van der Waals surface area (Å²) in [6.07, 6.45) is 6.95. The number of hydrogen-bond donors (Lipinski definition) is 0. The van der Waals surface area contributed by atoms with E-state index in [1.54, 1.807) is 5.57 Å². The lowest BCUT2D eigenvalue weighted by atomic mass is 9.77. The molecule has 14 rings (SSSR count). The Morgan fingerprint density at radius 2 is 0.929 bits per heavy atom. The lowest BCUT2D eigenvalue weighted by Gasteiger charge is -2.28. The van der Waals surface area contributed by atoms with Crippen LogP contribution in [0.5, 0.6) is 0 Å². The van der Waals surface area contributed by atoms with Crippen molar-refractivity contribution in [2.75, 3.05) is 4.90 Å². The molecule has 0 fully saturated rings. The lowest BCUT2D eigenvalue weighted by Crippen LogP contribution is -2.17. The summed E-state index contributed by atoms with van der Waals surface area (Å²) in [5.74, 6) is 0. The van der Waals surface area contributed by atoms with Crippen LogP contribution >= 0.6 is 0 Å². The zero-order valence-electron chi connectivity index (χ0n) is 40.1. The van der Waals surface area contributed by atoms with Gasteiger partial charge in [-0.3, -0.25) is 0 Å². The number of anilines is 3. The fourth-order valence-corrected chi connectivity index (χ4v) is 12.9. The number of fused-ring (bicyclic) bond motifs is 10. The number of para-hydroxylation sites is 3. The second-order valence-corrected chi connectivity index (χ2v) is 20.7. The number of rotatable bonds is 6. The summed E-state index contributed by atoms with van der Waals surface area (Å²) < 4.78 is 2.40. The zero-order chi connectivity index (χ0) is 46.9. The molecule has 70 heavy (non-hydrogen) atoms. The Balaban J connectivity index is 1.00. The molecule has 334 valence electrons. The summed E-state index contributed by atoms with van der Waals surface area (Å²) in [7, 11) is 0. The van der Waals surface area contributed by atoms with Gasteiger partial charge in [-0.25, -0.2) is 0 Å². The second-order valence-electron chi connectivity index (χ2n) is 20.7. The Hall–Kier alpha value is -8.20. The van der Waals surface area contributed by atoms with E-state index in [9.17, 15) is 0 Å². The molecule has 0 saturated heterocycles. The van der Waals surface area contributed by atoms with Crippen LogP contribution in [0.3, 0.4) is 0 Å². The van der Waals surface area contributed by atoms with Gasteiger partial charge in [0.15, 0.2) is 0 Å². The first-order chi connectivity index (χ1) is 34.3. The van der Waals surface area contributed by atoms with E-state index in [-0.39, 0.29) is 10.8 Å². The van der Waals surface area contributed by atoms with Gasteiger partial charge in [-0.15, -0.1) is 0 Å². The maximum atomic E-state index is 2.53. The smallest absolute Gasteiger partial charge is 0.0541 e. The first-order valence-corrected chi connectivity index (χ1v) is 25.0. The SMILES string of the molecule is CC1(C)C2=C(C=CCC2)c2ccc(-c3c4ccccc4c(-c4ccc5c(c4)C(C)(C)c4ccccc4-5)c4ccc(N(c5ccccc5)c5ccc(-n6c7ccccc7c7ccccc76)cc5)cc34)cc21. The molecule has 0 amide bonds. The van der Waals surface area contributed by atoms with Gasteiger partial charge in [0.2, 0.25) is 0 Å². The van der Waals surface area contributed by atoms with E-state index in [1.165, 1.54) is 105 Å². The van der Waals surface area contributed by atoms with Crippen LogP contribution in [0, 0.1) is 0 Å². The summed E-state index contributed by atoms with van der Waals surface area (Å²) in [6.45, 7) is 9.65. The molecule has 0 unspecified atom stereocenters. The Bertz CT molecular complexity index is 3990. The van der Waals surface area contributed by atoms with Gasteiger partial charge < -0.3 is 9.47 Å². The molecule has 3 aliphatic carbocycles. The third-order valence-corrected chi connectivity index (χ3v) is 16.3. The minimum absolute atomic E-state index is 0.0492.